The van der Waals surface area contributed by atoms with Gasteiger partial charge < -0.3 is 24.1 Å². The van der Waals surface area contributed by atoms with Gasteiger partial charge in [0.15, 0.2) is 11.5 Å². The second-order valence-electron chi connectivity index (χ2n) is 8.73. The number of likely N-dealkylation sites (tertiary alicyclic amines) is 1. The average molecular weight is 474 g/mol. The number of hydrogen-bond acceptors (Lipinski definition) is 9. The Morgan fingerprint density at radius 2 is 1.85 bits per heavy atom. The van der Waals surface area contributed by atoms with Gasteiger partial charge in [0, 0.05) is 31.1 Å². The van der Waals surface area contributed by atoms with Crippen LogP contribution < -0.4 is 14.8 Å². The lowest BCUT2D eigenvalue weighted by atomic mass is 9.96. The number of aromatic nitrogens is 2. The Morgan fingerprint density at radius 3 is 2.59 bits per heavy atom. The van der Waals surface area contributed by atoms with Gasteiger partial charge in [-0.1, -0.05) is 5.16 Å². The molecule has 10 heteroatoms. The standard InChI is InChI=1S/C24H35N5O5/c1-31-20-5-4-19(16-21(20)32-2)23-26-22(34-27-23)17-29-10-6-18(7-11-29)24(30)25-8-3-9-28-12-14-33-15-13-28/h4-5,16,18H,3,6-15,17H2,1-2H3,(H,25,30). The molecule has 3 heterocycles. The molecule has 0 unspecified atom stereocenters. The third kappa shape index (κ3) is 6.46. The van der Waals surface area contributed by atoms with Crippen molar-refractivity contribution in [3.05, 3.63) is 24.1 Å². The average Bonchev–Trinajstić information content (AvgIpc) is 3.35. The molecule has 2 fully saturated rings. The number of carbonyl (C=O) groups excluding carboxylic acids is 1. The Balaban J connectivity index is 1.18. The van der Waals surface area contributed by atoms with Gasteiger partial charge in [-0.25, -0.2) is 0 Å². The van der Waals surface area contributed by atoms with Gasteiger partial charge in [0.05, 0.1) is 34.0 Å². The highest BCUT2D eigenvalue weighted by atomic mass is 16.5. The number of ether oxygens (including phenoxy) is 3. The Hall–Kier alpha value is -2.69. The number of nitrogens with one attached hydrogen (secondary N) is 1. The van der Waals surface area contributed by atoms with Crippen LogP contribution in [0.4, 0.5) is 0 Å². The van der Waals surface area contributed by atoms with Crippen molar-refractivity contribution in [2.45, 2.75) is 25.8 Å². The molecule has 0 atom stereocenters. The number of amides is 1. The molecule has 1 aromatic carbocycles. The van der Waals surface area contributed by atoms with Gasteiger partial charge in [-0.3, -0.25) is 14.6 Å². The zero-order valence-electron chi connectivity index (χ0n) is 20.1. The summed E-state index contributed by atoms with van der Waals surface area (Å²) in [5.74, 6) is 2.60. The molecular weight excluding hydrogens is 438 g/mol. The maximum absolute atomic E-state index is 12.5. The summed E-state index contributed by atoms with van der Waals surface area (Å²) in [6.45, 7) is 7.59. The number of morpholine rings is 1. The second-order valence-corrected chi connectivity index (χ2v) is 8.73. The van der Waals surface area contributed by atoms with Crippen molar-refractivity contribution in [1.82, 2.24) is 25.3 Å². The van der Waals surface area contributed by atoms with Crippen molar-refractivity contribution >= 4 is 5.91 Å². The first kappa shape index (κ1) is 24.4. The van der Waals surface area contributed by atoms with Crippen LogP contribution in [0.2, 0.25) is 0 Å². The summed E-state index contributed by atoms with van der Waals surface area (Å²) < 4.78 is 21.5. The second kappa shape index (κ2) is 12.1. The smallest absolute Gasteiger partial charge is 0.241 e. The lowest BCUT2D eigenvalue weighted by molar-refractivity contribution is -0.126. The summed E-state index contributed by atoms with van der Waals surface area (Å²) in [5.41, 5.74) is 0.802. The van der Waals surface area contributed by atoms with Crippen LogP contribution in [0.15, 0.2) is 22.7 Å². The first-order valence-electron chi connectivity index (χ1n) is 12.0. The third-order valence-corrected chi connectivity index (χ3v) is 6.48. The third-order valence-electron chi connectivity index (χ3n) is 6.48. The van der Waals surface area contributed by atoms with Gasteiger partial charge in [-0.15, -0.1) is 0 Å². The summed E-state index contributed by atoms with van der Waals surface area (Å²) >= 11 is 0. The van der Waals surface area contributed by atoms with Crippen molar-refractivity contribution in [2.75, 3.05) is 66.7 Å². The highest BCUT2D eigenvalue weighted by Crippen LogP contribution is 2.31. The number of methoxy groups -OCH3 is 2. The quantitative estimate of drug-likeness (QED) is 0.518. The molecule has 1 amide bonds. The lowest BCUT2D eigenvalue weighted by Crippen LogP contribution is -2.41. The number of benzene rings is 1. The number of carbonyl (C=O) groups is 1. The highest BCUT2D eigenvalue weighted by molar-refractivity contribution is 5.78. The van der Waals surface area contributed by atoms with Gasteiger partial charge in [-0.2, -0.15) is 4.98 Å². The molecule has 0 radical (unpaired) electrons. The minimum Gasteiger partial charge on any atom is -0.493 e. The fraction of sp³-hybridized carbons (Fsp3) is 0.625. The molecule has 2 aliphatic heterocycles. The molecule has 2 saturated heterocycles. The molecule has 2 aliphatic rings. The van der Waals surface area contributed by atoms with Gasteiger partial charge in [0.1, 0.15) is 0 Å². The molecule has 1 N–H and O–H groups in total. The van der Waals surface area contributed by atoms with E-state index in [9.17, 15) is 4.79 Å². The van der Waals surface area contributed by atoms with E-state index in [1.807, 2.05) is 18.2 Å². The van der Waals surface area contributed by atoms with Crippen LogP contribution in [0.5, 0.6) is 11.5 Å². The summed E-state index contributed by atoms with van der Waals surface area (Å²) in [6.07, 6.45) is 2.65. The summed E-state index contributed by atoms with van der Waals surface area (Å²) in [4.78, 5) is 21.7. The zero-order chi connectivity index (χ0) is 23.8. The number of rotatable bonds is 10. The normalized spacial score (nSPS) is 18.1. The van der Waals surface area contributed by atoms with E-state index in [0.717, 1.165) is 77.3 Å². The molecule has 1 aromatic heterocycles. The van der Waals surface area contributed by atoms with E-state index < -0.39 is 0 Å². The van der Waals surface area contributed by atoms with E-state index in [0.29, 0.717) is 29.8 Å². The topological polar surface area (TPSA) is 102 Å². The van der Waals surface area contributed by atoms with E-state index in [1.165, 1.54) is 0 Å². The molecule has 0 aliphatic carbocycles. The molecule has 0 spiro atoms. The van der Waals surface area contributed by atoms with Gasteiger partial charge >= 0.3 is 0 Å². The summed E-state index contributed by atoms with van der Waals surface area (Å²) in [5, 5.41) is 7.24. The van der Waals surface area contributed by atoms with E-state index in [4.69, 9.17) is 18.7 Å². The zero-order valence-corrected chi connectivity index (χ0v) is 20.1. The molecular formula is C24H35N5O5. The first-order chi connectivity index (χ1) is 16.7. The fourth-order valence-electron chi connectivity index (χ4n) is 4.44. The summed E-state index contributed by atoms with van der Waals surface area (Å²) in [6, 6.07) is 5.53. The Kier molecular flexibility index (Phi) is 8.73. The maximum Gasteiger partial charge on any atom is 0.241 e. The first-order valence-corrected chi connectivity index (χ1v) is 12.0. The Bertz CT molecular complexity index is 922. The van der Waals surface area contributed by atoms with Crippen LogP contribution in [0.3, 0.4) is 0 Å². The Labute approximate surface area is 200 Å². The van der Waals surface area contributed by atoms with Crippen molar-refractivity contribution in [2.24, 2.45) is 5.92 Å². The van der Waals surface area contributed by atoms with Crippen LogP contribution in [-0.4, -0.2) is 92.5 Å². The van der Waals surface area contributed by atoms with Crippen LogP contribution in [-0.2, 0) is 16.1 Å². The number of nitrogens with zero attached hydrogens (tertiary/aromatic N) is 4. The predicted molar refractivity (Wildman–Crippen MR) is 126 cm³/mol. The van der Waals surface area contributed by atoms with Gasteiger partial charge in [0.25, 0.3) is 0 Å². The summed E-state index contributed by atoms with van der Waals surface area (Å²) in [7, 11) is 3.20. The highest BCUT2D eigenvalue weighted by Gasteiger charge is 2.26. The van der Waals surface area contributed by atoms with Crippen molar-refractivity contribution in [3.63, 3.8) is 0 Å². The van der Waals surface area contributed by atoms with Gasteiger partial charge in [0.2, 0.25) is 17.6 Å². The van der Waals surface area contributed by atoms with E-state index >= 15 is 0 Å². The van der Waals surface area contributed by atoms with E-state index in [2.05, 4.69) is 25.3 Å². The minimum atomic E-state index is 0.0737. The monoisotopic (exact) mass is 473 g/mol. The van der Waals surface area contributed by atoms with Crippen LogP contribution >= 0.6 is 0 Å². The van der Waals surface area contributed by atoms with Crippen molar-refractivity contribution in [3.8, 4) is 22.9 Å². The van der Waals surface area contributed by atoms with E-state index in [1.54, 1.807) is 14.2 Å². The largest absolute Gasteiger partial charge is 0.493 e. The Morgan fingerprint density at radius 1 is 1.09 bits per heavy atom. The predicted octanol–water partition coefficient (Wildman–Crippen LogP) is 1.80. The molecule has 186 valence electrons. The molecule has 4 rings (SSSR count). The van der Waals surface area contributed by atoms with Gasteiger partial charge in [-0.05, 0) is 57.1 Å². The molecule has 0 bridgehead atoms. The van der Waals surface area contributed by atoms with Crippen LogP contribution in [0, 0.1) is 5.92 Å². The van der Waals surface area contributed by atoms with Crippen LogP contribution in [0.25, 0.3) is 11.4 Å². The van der Waals surface area contributed by atoms with Crippen molar-refractivity contribution < 1.29 is 23.5 Å². The molecule has 0 saturated carbocycles. The number of hydrogen-bond donors (Lipinski definition) is 1. The van der Waals surface area contributed by atoms with Crippen LogP contribution in [0.1, 0.15) is 25.2 Å². The SMILES string of the molecule is COc1ccc(-c2noc(CN3CCC(C(=O)NCCCN4CCOCC4)CC3)n2)cc1OC. The number of piperidine rings is 1. The minimum absolute atomic E-state index is 0.0737. The van der Waals surface area contributed by atoms with E-state index in [-0.39, 0.29) is 11.8 Å². The molecule has 34 heavy (non-hydrogen) atoms. The molecule has 10 nitrogen and oxygen atoms in total. The fourth-order valence-corrected chi connectivity index (χ4v) is 4.44. The molecule has 2 aromatic rings. The van der Waals surface area contributed by atoms with Crippen molar-refractivity contribution in [1.29, 1.82) is 0 Å². The lowest BCUT2D eigenvalue weighted by Gasteiger charge is -2.30. The maximum atomic E-state index is 12.5.